The highest BCUT2D eigenvalue weighted by Crippen LogP contribution is 2.32. The zero-order chi connectivity index (χ0) is 11.1. The molecule has 2 aromatic rings. The van der Waals surface area contributed by atoms with Crippen LogP contribution in [0.1, 0.15) is 12.5 Å². The van der Waals surface area contributed by atoms with Crippen molar-refractivity contribution in [3.05, 3.63) is 45.8 Å². The van der Waals surface area contributed by atoms with Crippen molar-refractivity contribution in [2.24, 2.45) is 0 Å². The molecule has 0 amide bonds. The van der Waals surface area contributed by atoms with Crippen LogP contribution in [0.3, 0.4) is 0 Å². The van der Waals surface area contributed by atoms with E-state index in [4.69, 9.17) is 9.15 Å². The van der Waals surface area contributed by atoms with Crippen LogP contribution in [0.15, 0.2) is 39.1 Å². The van der Waals surface area contributed by atoms with E-state index in [2.05, 4.69) is 6.08 Å². The molecule has 0 radical (unpaired) electrons. The molecule has 80 valence electrons. The van der Waals surface area contributed by atoms with Crippen molar-refractivity contribution >= 4 is 17.0 Å². The van der Waals surface area contributed by atoms with Crippen LogP contribution in [0, 0.1) is 0 Å². The highest BCUT2D eigenvalue weighted by atomic mass is 16.5. The first kappa shape index (κ1) is 9.21. The van der Waals surface area contributed by atoms with E-state index >= 15 is 0 Å². The fourth-order valence-electron chi connectivity index (χ4n) is 1.91. The van der Waals surface area contributed by atoms with Crippen LogP contribution in [-0.2, 0) is 0 Å². The van der Waals surface area contributed by atoms with Crippen LogP contribution < -0.4 is 10.4 Å². The highest BCUT2D eigenvalue weighted by molar-refractivity contribution is 5.90. The van der Waals surface area contributed by atoms with Crippen molar-refractivity contribution in [2.45, 2.75) is 6.92 Å². The summed E-state index contributed by atoms with van der Waals surface area (Å²) in [6.45, 7) is 2.64. The van der Waals surface area contributed by atoms with Crippen molar-refractivity contribution in [3.63, 3.8) is 0 Å². The fourth-order valence-corrected chi connectivity index (χ4v) is 1.91. The monoisotopic (exact) mass is 214 g/mol. The first-order valence-corrected chi connectivity index (χ1v) is 5.11. The Morgan fingerprint density at radius 2 is 2.06 bits per heavy atom. The lowest BCUT2D eigenvalue weighted by atomic mass is 10.0. The lowest BCUT2D eigenvalue weighted by molar-refractivity contribution is 0.348. The molecule has 0 atom stereocenters. The van der Waals surface area contributed by atoms with Crippen molar-refractivity contribution < 1.29 is 9.15 Å². The highest BCUT2D eigenvalue weighted by Gasteiger charge is 2.12. The molecule has 0 saturated carbocycles. The summed E-state index contributed by atoms with van der Waals surface area (Å²) in [4.78, 5) is 11.1. The fraction of sp³-hybridized carbons (Fsp3) is 0.154. The first-order chi connectivity index (χ1) is 7.74. The average molecular weight is 214 g/mol. The number of benzene rings is 1. The number of hydrogen-bond donors (Lipinski definition) is 0. The van der Waals surface area contributed by atoms with E-state index in [1.54, 1.807) is 12.1 Å². The van der Waals surface area contributed by atoms with E-state index in [0.29, 0.717) is 12.2 Å². The Kier molecular flexibility index (Phi) is 1.86. The minimum absolute atomic E-state index is 0.329. The molecule has 3 rings (SSSR count). The maximum Gasteiger partial charge on any atom is 0.336 e. The standard InChI is InChI=1S/C13H10O3/c1-8-6-10-9-2-5-13(14)16-12(9)4-3-11(10)15-7-8/h2-6H,7H2,1H3. The van der Waals surface area contributed by atoms with Gasteiger partial charge in [-0.3, -0.25) is 0 Å². The summed E-state index contributed by atoms with van der Waals surface area (Å²) in [5.74, 6) is 0.840. The molecule has 0 bridgehead atoms. The summed E-state index contributed by atoms with van der Waals surface area (Å²) in [6.07, 6.45) is 2.07. The van der Waals surface area contributed by atoms with Gasteiger partial charge in [0, 0.05) is 17.0 Å². The molecular weight excluding hydrogens is 204 g/mol. The van der Waals surface area contributed by atoms with Gasteiger partial charge in [0.25, 0.3) is 0 Å². The zero-order valence-corrected chi connectivity index (χ0v) is 8.82. The topological polar surface area (TPSA) is 39.4 Å². The third-order valence-corrected chi connectivity index (χ3v) is 2.65. The molecule has 3 heteroatoms. The molecule has 0 spiro atoms. The van der Waals surface area contributed by atoms with E-state index in [9.17, 15) is 4.79 Å². The lowest BCUT2D eigenvalue weighted by Gasteiger charge is -2.16. The molecule has 16 heavy (non-hydrogen) atoms. The van der Waals surface area contributed by atoms with Gasteiger partial charge in [0.1, 0.15) is 17.9 Å². The molecule has 0 unspecified atom stereocenters. The van der Waals surface area contributed by atoms with Crippen LogP contribution in [0.4, 0.5) is 0 Å². The Hall–Kier alpha value is -2.03. The van der Waals surface area contributed by atoms with Gasteiger partial charge in [-0.2, -0.15) is 0 Å². The minimum atomic E-state index is -0.329. The molecule has 0 saturated heterocycles. The van der Waals surface area contributed by atoms with Gasteiger partial charge in [0.2, 0.25) is 0 Å². The summed E-state index contributed by atoms with van der Waals surface area (Å²) >= 11 is 0. The van der Waals surface area contributed by atoms with E-state index in [1.807, 2.05) is 13.0 Å². The number of fused-ring (bicyclic) bond motifs is 3. The van der Waals surface area contributed by atoms with Gasteiger partial charge in [0.05, 0.1) is 0 Å². The van der Waals surface area contributed by atoms with E-state index in [0.717, 1.165) is 22.3 Å². The second kappa shape index (κ2) is 3.23. The van der Waals surface area contributed by atoms with E-state index < -0.39 is 0 Å². The molecule has 1 aromatic carbocycles. The number of ether oxygens (including phenoxy) is 1. The summed E-state index contributed by atoms with van der Waals surface area (Å²) in [5, 5.41) is 0.913. The maximum absolute atomic E-state index is 11.1. The van der Waals surface area contributed by atoms with Crippen molar-refractivity contribution in [2.75, 3.05) is 6.61 Å². The maximum atomic E-state index is 11.1. The molecule has 3 nitrogen and oxygen atoms in total. The quantitative estimate of drug-likeness (QED) is 0.633. The number of rotatable bonds is 0. The Labute approximate surface area is 92.0 Å². The van der Waals surface area contributed by atoms with Gasteiger partial charge < -0.3 is 9.15 Å². The third-order valence-electron chi connectivity index (χ3n) is 2.65. The molecule has 0 fully saturated rings. The second-order valence-corrected chi connectivity index (χ2v) is 3.92. The predicted molar refractivity (Wildman–Crippen MR) is 61.6 cm³/mol. The molecule has 0 N–H and O–H groups in total. The summed E-state index contributed by atoms with van der Waals surface area (Å²) in [5.41, 5.74) is 2.42. The Balaban J connectivity index is 2.40. The predicted octanol–water partition coefficient (Wildman–Crippen LogP) is 2.59. The van der Waals surface area contributed by atoms with Crippen molar-refractivity contribution in [1.29, 1.82) is 0 Å². The van der Waals surface area contributed by atoms with E-state index in [1.165, 1.54) is 6.07 Å². The minimum Gasteiger partial charge on any atom is -0.489 e. The summed E-state index contributed by atoms with van der Waals surface area (Å²) in [7, 11) is 0. The lowest BCUT2D eigenvalue weighted by Crippen LogP contribution is -2.05. The zero-order valence-electron chi connectivity index (χ0n) is 8.82. The van der Waals surface area contributed by atoms with Gasteiger partial charge in [-0.1, -0.05) is 0 Å². The van der Waals surface area contributed by atoms with Crippen molar-refractivity contribution in [1.82, 2.24) is 0 Å². The van der Waals surface area contributed by atoms with Crippen LogP contribution in [0.5, 0.6) is 5.75 Å². The summed E-state index contributed by atoms with van der Waals surface area (Å²) < 4.78 is 10.7. The smallest absolute Gasteiger partial charge is 0.336 e. The van der Waals surface area contributed by atoms with Gasteiger partial charge in [-0.25, -0.2) is 4.79 Å². The van der Waals surface area contributed by atoms with Crippen LogP contribution in [-0.4, -0.2) is 6.61 Å². The van der Waals surface area contributed by atoms with Crippen LogP contribution >= 0.6 is 0 Å². The Morgan fingerprint density at radius 3 is 2.94 bits per heavy atom. The molecule has 0 aliphatic carbocycles. The van der Waals surface area contributed by atoms with Crippen LogP contribution in [0.2, 0.25) is 0 Å². The Morgan fingerprint density at radius 1 is 1.19 bits per heavy atom. The Bertz CT molecular complexity index is 650. The largest absolute Gasteiger partial charge is 0.489 e. The summed E-state index contributed by atoms with van der Waals surface area (Å²) in [6, 6.07) is 6.81. The van der Waals surface area contributed by atoms with Gasteiger partial charge in [-0.05, 0) is 36.8 Å². The molecule has 1 aliphatic rings. The third kappa shape index (κ3) is 1.33. The van der Waals surface area contributed by atoms with Crippen LogP contribution in [0.25, 0.3) is 17.0 Å². The first-order valence-electron chi connectivity index (χ1n) is 5.11. The van der Waals surface area contributed by atoms with Crippen molar-refractivity contribution in [3.8, 4) is 5.75 Å². The van der Waals surface area contributed by atoms with Gasteiger partial charge in [0.15, 0.2) is 0 Å². The SMILES string of the molecule is CC1=Cc2c(ccc3oc(=O)ccc23)OC1. The normalized spacial score (nSPS) is 14.2. The molecule has 1 aromatic heterocycles. The van der Waals surface area contributed by atoms with Gasteiger partial charge in [-0.15, -0.1) is 0 Å². The van der Waals surface area contributed by atoms with Gasteiger partial charge >= 0.3 is 5.63 Å². The molecular formula is C13H10O3. The van der Waals surface area contributed by atoms with E-state index in [-0.39, 0.29) is 5.63 Å². The molecule has 2 heterocycles. The average Bonchev–Trinajstić information content (AvgIpc) is 2.28. The molecule has 1 aliphatic heterocycles. The second-order valence-electron chi connectivity index (χ2n) is 3.92. The number of hydrogen-bond acceptors (Lipinski definition) is 3.